The lowest BCUT2D eigenvalue weighted by Gasteiger charge is -2.41. The first-order valence-corrected chi connectivity index (χ1v) is 28.0. The Morgan fingerprint density at radius 1 is 0.222 bits per heavy atom. The SMILES string of the molecule is Cc1cc(C2(c3cc(C)c(O)c(C)c3)c3ccccc3-c3c2c2c(c4c3C(c3cc(C)c(O)c(C)c3)(c3cc(C)c(O)c(C)c3)c3ccccc3-4)C(c3cc(C)c(O)c(C)c3)(c3cc(C)c(O)c(C)c3)c3ccccc3-2)cc(C)c1O. The van der Waals surface area contributed by atoms with E-state index in [-0.39, 0.29) is 34.5 Å². The van der Waals surface area contributed by atoms with E-state index in [0.717, 1.165) is 167 Å². The molecule has 0 saturated heterocycles. The maximum Gasteiger partial charge on any atom is 0.121 e. The standard InChI is InChI=1S/C75H66O6/c1-37-25-49(26-38(2)67(37)76)73(50-27-39(3)68(77)40(4)28-50)58-22-16-13-19-55(58)61-64(73)62-56-20-14-17-23-59(56)74(51-29-41(5)69(78)42(6)30-51,52-31-43(7)70(79)44(8)32-52)66(62)63-57-21-15-18-24-60(57)75(65(61)63,53-33-45(9)71(80)46(10)34-53)54-35-47(11)72(81)48(12)36-54/h13-36,76-81H,1-12H3. The largest absolute Gasteiger partial charge is 0.507 e. The Morgan fingerprint density at radius 3 is 0.531 bits per heavy atom. The van der Waals surface area contributed by atoms with Gasteiger partial charge in [-0.2, -0.15) is 0 Å². The molecule has 0 atom stereocenters. The van der Waals surface area contributed by atoms with E-state index in [4.69, 9.17) is 0 Å². The second kappa shape index (κ2) is 17.5. The van der Waals surface area contributed by atoms with Gasteiger partial charge in [0.2, 0.25) is 0 Å². The molecule has 10 aromatic carbocycles. The molecule has 0 amide bonds. The first kappa shape index (κ1) is 51.4. The third-order valence-electron chi connectivity index (χ3n) is 19.0. The van der Waals surface area contributed by atoms with Crippen molar-refractivity contribution >= 4 is 0 Å². The zero-order valence-electron chi connectivity index (χ0n) is 48.0. The van der Waals surface area contributed by atoms with Crippen LogP contribution < -0.4 is 0 Å². The molecule has 3 aliphatic carbocycles. The predicted molar refractivity (Wildman–Crippen MR) is 325 cm³/mol. The van der Waals surface area contributed by atoms with Crippen molar-refractivity contribution in [2.24, 2.45) is 0 Å². The van der Waals surface area contributed by atoms with Gasteiger partial charge in [0.25, 0.3) is 0 Å². The summed E-state index contributed by atoms with van der Waals surface area (Å²) in [6, 6.07) is 52.2. The van der Waals surface area contributed by atoms with E-state index in [1.807, 2.05) is 83.1 Å². The van der Waals surface area contributed by atoms with Crippen molar-refractivity contribution in [1.29, 1.82) is 0 Å². The Morgan fingerprint density at radius 2 is 0.370 bits per heavy atom. The number of hydrogen-bond acceptors (Lipinski definition) is 6. The number of aryl methyl sites for hydroxylation is 12. The van der Waals surface area contributed by atoms with E-state index < -0.39 is 16.2 Å². The predicted octanol–water partition coefficient (Wildman–Crippen LogP) is 16.7. The van der Waals surface area contributed by atoms with E-state index in [1.165, 1.54) is 0 Å². The highest BCUT2D eigenvalue weighted by atomic mass is 16.3. The van der Waals surface area contributed by atoms with Crippen LogP contribution in [-0.4, -0.2) is 30.6 Å². The molecule has 0 fully saturated rings. The molecular formula is C75H66O6. The molecule has 402 valence electrons. The first-order chi connectivity index (χ1) is 38.6. The van der Waals surface area contributed by atoms with Crippen LogP contribution in [0.2, 0.25) is 0 Å². The first-order valence-electron chi connectivity index (χ1n) is 28.0. The molecule has 10 aromatic rings. The number of hydrogen-bond donors (Lipinski definition) is 6. The molecule has 6 N–H and O–H groups in total. The van der Waals surface area contributed by atoms with Gasteiger partial charge >= 0.3 is 0 Å². The average molecular weight is 1060 g/mol. The van der Waals surface area contributed by atoms with Crippen LogP contribution in [0.15, 0.2) is 146 Å². The van der Waals surface area contributed by atoms with Gasteiger partial charge in [0, 0.05) is 0 Å². The van der Waals surface area contributed by atoms with Gasteiger partial charge in [0.05, 0.1) is 16.2 Å². The Hall–Kier alpha value is -9.00. The van der Waals surface area contributed by atoms with Gasteiger partial charge in [-0.05, 0) is 250 Å². The van der Waals surface area contributed by atoms with Crippen molar-refractivity contribution in [1.82, 2.24) is 0 Å². The van der Waals surface area contributed by atoms with Crippen molar-refractivity contribution in [2.75, 3.05) is 0 Å². The number of rotatable bonds is 6. The summed E-state index contributed by atoms with van der Waals surface area (Å²) in [5.74, 6) is 1.35. The highest BCUT2D eigenvalue weighted by Gasteiger charge is 2.61. The molecule has 13 rings (SSSR count). The zero-order valence-corrected chi connectivity index (χ0v) is 48.0. The van der Waals surface area contributed by atoms with E-state index in [9.17, 15) is 30.6 Å². The quantitative estimate of drug-likeness (QED) is 0.0987. The fourth-order valence-corrected chi connectivity index (χ4v) is 15.5. The van der Waals surface area contributed by atoms with Gasteiger partial charge in [0.15, 0.2) is 0 Å². The molecule has 0 unspecified atom stereocenters. The maximum absolute atomic E-state index is 11.8. The van der Waals surface area contributed by atoms with Crippen LogP contribution in [0.4, 0.5) is 0 Å². The summed E-state index contributed by atoms with van der Waals surface area (Å²) in [4.78, 5) is 0. The van der Waals surface area contributed by atoms with Crippen LogP contribution in [0.3, 0.4) is 0 Å². The molecule has 0 saturated carbocycles. The van der Waals surface area contributed by atoms with Gasteiger partial charge in [-0.3, -0.25) is 0 Å². The molecule has 3 aliphatic rings. The Kier molecular flexibility index (Phi) is 11.1. The van der Waals surface area contributed by atoms with Gasteiger partial charge in [-0.1, -0.05) is 146 Å². The third-order valence-corrected chi connectivity index (χ3v) is 19.0. The van der Waals surface area contributed by atoms with Crippen LogP contribution >= 0.6 is 0 Å². The highest BCUT2D eigenvalue weighted by molar-refractivity contribution is 6.09. The van der Waals surface area contributed by atoms with Crippen molar-refractivity contribution < 1.29 is 30.6 Å². The van der Waals surface area contributed by atoms with Crippen LogP contribution in [0.1, 0.15) is 134 Å². The summed E-state index contributed by atoms with van der Waals surface area (Å²) in [7, 11) is 0. The molecule has 6 heteroatoms. The van der Waals surface area contributed by atoms with Gasteiger partial charge in [0.1, 0.15) is 34.5 Å². The smallest absolute Gasteiger partial charge is 0.121 e. The summed E-state index contributed by atoms with van der Waals surface area (Å²) < 4.78 is 0. The minimum absolute atomic E-state index is 0.226. The monoisotopic (exact) mass is 1060 g/mol. The number of aromatic hydroxyl groups is 6. The summed E-state index contributed by atoms with van der Waals surface area (Å²) in [6.07, 6.45) is 0. The summed E-state index contributed by atoms with van der Waals surface area (Å²) in [6.45, 7) is 23.7. The second-order valence-electron chi connectivity index (χ2n) is 23.9. The van der Waals surface area contributed by atoms with Crippen LogP contribution in [0.5, 0.6) is 34.5 Å². The number of benzene rings is 10. The lowest BCUT2D eigenvalue weighted by molar-refractivity contribution is 0.465. The highest BCUT2D eigenvalue weighted by Crippen LogP contribution is 2.73. The molecule has 0 radical (unpaired) electrons. The number of phenols is 6. The molecule has 0 heterocycles. The van der Waals surface area contributed by atoms with Crippen molar-refractivity contribution in [3.63, 3.8) is 0 Å². The Balaban J connectivity index is 1.43. The van der Waals surface area contributed by atoms with Crippen molar-refractivity contribution in [3.8, 4) is 67.9 Å². The second-order valence-corrected chi connectivity index (χ2v) is 23.9. The summed E-state index contributed by atoms with van der Waals surface area (Å²) in [5, 5.41) is 71.1. The molecule has 0 spiro atoms. The molecule has 0 bridgehead atoms. The average Bonchev–Trinajstić information content (AvgIpc) is 4.13. The van der Waals surface area contributed by atoms with E-state index >= 15 is 0 Å². The molecule has 0 aliphatic heterocycles. The lowest BCUT2D eigenvalue weighted by Crippen LogP contribution is -2.34. The minimum Gasteiger partial charge on any atom is -0.507 e. The van der Waals surface area contributed by atoms with Gasteiger partial charge < -0.3 is 30.6 Å². The van der Waals surface area contributed by atoms with Gasteiger partial charge in [-0.15, -0.1) is 0 Å². The van der Waals surface area contributed by atoms with E-state index in [1.54, 1.807) is 0 Å². The lowest BCUT2D eigenvalue weighted by atomic mass is 9.60. The van der Waals surface area contributed by atoms with Crippen LogP contribution in [0, 0.1) is 83.1 Å². The maximum atomic E-state index is 11.8. The summed E-state index contributed by atoms with van der Waals surface area (Å²) >= 11 is 0. The van der Waals surface area contributed by atoms with E-state index in [2.05, 4.69) is 146 Å². The molecular weight excluding hydrogens is 997 g/mol. The molecule has 81 heavy (non-hydrogen) atoms. The third kappa shape index (κ3) is 6.50. The minimum atomic E-state index is -1.15. The van der Waals surface area contributed by atoms with Crippen LogP contribution in [0.25, 0.3) is 33.4 Å². The van der Waals surface area contributed by atoms with Crippen LogP contribution in [-0.2, 0) is 16.2 Å². The zero-order chi connectivity index (χ0) is 57.3. The fraction of sp³-hybridized carbons (Fsp3) is 0.200. The Bertz CT molecular complexity index is 3670. The van der Waals surface area contributed by atoms with Crippen molar-refractivity contribution in [2.45, 2.75) is 99.3 Å². The molecule has 0 aromatic heterocycles. The summed E-state index contributed by atoms with van der Waals surface area (Å²) in [5.41, 5.74) is 23.4. The van der Waals surface area contributed by atoms with Crippen molar-refractivity contribution in [3.05, 3.63) is 279 Å². The Labute approximate surface area is 474 Å². The van der Waals surface area contributed by atoms with Gasteiger partial charge in [-0.25, -0.2) is 0 Å². The topological polar surface area (TPSA) is 121 Å². The van der Waals surface area contributed by atoms with E-state index in [0.29, 0.717) is 0 Å². The number of phenolic OH excluding ortho intramolecular Hbond substituents is 6. The number of fused-ring (bicyclic) bond motifs is 12. The normalized spacial score (nSPS) is 14.5. The molecule has 6 nitrogen and oxygen atoms in total. The fourth-order valence-electron chi connectivity index (χ4n) is 15.5.